The highest BCUT2D eigenvalue weighted by Crippen LogP contribution is 2.51. The molecule has 0 spiro atoms. The van der Waals surface area contributed by atoms with Gasteiger partial charge in [0.15, 0.2) is 11.5 Å². The number of carbonyl (C=O) groups excluding carboxylic acids is 1. The lowest BCUT2D eigenvalue weighted by Gasteiger charge is -2.17. The van der Waals surface area contributed by atoms with Gasteiger partial charge in [-0.3, -0.25) is 4.79 Å². The van der Waals surface area contributed by atoms with E-state index in [0.29, 0.717) is 41.2 Å². The van der Waals surface area contributed by atoms with Crippen molar-refractivity contribution in [1.29, 1.82) is 0 Å². The molecule has 172 valence electrons. The molecular formula is C26H21NO7. The van der Waals surface area contributed by atoms with E-state index in [1.165, 1.54) is 12.1 Å². The van der Waals surface area contributed by atoms with Crippen molar-refractivity contribution in [3.63, 3.8) is 0 Å². The molecule has 3 N–H and O–H groups in total. The number of aromatic carboxylic acids is 2. The molecule has 1 saturated carbocycles. The van der Waals surface area contributed by atoms with Gasteiger partial charge < -0.3 is 25.0 Å². The highest BCUT2D eigenvalue weighted by Gasteiger charge is 2.51. The number of anilines is 1. The molecule has 1 fully saturated rings. The second kappa shape index (κ2) is 7.91. The summed E-state index contributed by atoms with van der Waals surface area (Å²) in [5.74, 6) is -1.29. The second-order valence-electron chi connectivity index (χ2n) is 8.54. The van der Waals surface area contributed by atoms with Crippen LogP contribution in [0.3, 0.4) is 0 Å². The molecule has 0 unspecified atom stereocenters. The third kappa shape index (κ3) is 3.73. The van der Waals surface area contributed by atoms with Crippen molar-refractivity contribution in [2.24, 2.45) is 0 Å². The van der Waals surface area contributed by atoms with Crippen LogP contribution in [-0.2, 0) is 10.2 Å². The van der Waals surface area contributed by atoms with Gasteiger partial charge in [-0.15, -0.1) is 0 Å². The van der Waals surface area contributed by atoms with Crippen LogP contribution in [-0.4, -0.2) is 34.9 Å². The van der Waals surface area contributed by atoms with Gasteiger partial charge in [-0.2, -0.15) is 0 Å². The van der Waals surface area contributed by atoms with E-state index in [1.54, 1.807) is 18.2 Å². The van der Waals surface area contributed by atoms with Crippen LogP contribution in [0.4, 0.5) is 5.69 Å². The highest BCUT2D eigenvalue weighted by atomic mass is 16.7. The van der Waals surface area contributed by atoms with E-state index < -0.39 is 17.4 Å². The standard InChI is InChI=1S/C26H21NO7/c1-14-2-4-19(12-20(14)15-8-16(23(28)29)10-17(9-15)24(30)31)27-25(32)26(6-7-26)18-3-5-21-22(11-18)34-13-33-21/h2-5,8-12H,6-7,13H2,1H3,(H,27,32)(H,28,29)(H,30,31). The summed E-state index contributed by atoms with van der Waals surface area (Å²) >= 11 is 0. The first-order valence-electron chi connectivity index (χ1n) is 10.7. The monoisotopic (exact) mass is 459 g/mol. The molecule has 34 heavy (non-hydrogen) atoms. The van der Waals surface area contributed by atoms with Gasteiger partial charge in [-0.1, -0.05) is 12.1 Å². The lowest BCUT2D eigenvalue weighted by molar-refractivity contribution is -0.118. The number of nitrogens with one attached hydrogen (secondary N) is 1. The molecule has 3 aromatic rings. The van der Waals surface area contributed by atoms with Crippen molar-refractivity contribution in [1.82, 2.24) is 0 Å². The molecular weight excluding hydrogens is 438 g/mol. The normalized spacial score (nSPS) is 15.0. The SMILES string of the molecule is Cc1ccc(NC(=O)C2(c3ccc4c(c3)OCO4)CC2)cc1-c1cc(C(=O)O)cc(C(=O)O)c1. The molecule has 2 aliphatic rings. The number of hydrogen-bond acceptors (Lipinski definition) is 5. The molecule has 8 heteroatoms. The minimum atomic E-state index is -1.22. The molecule has 0 bridgehead atoms. The maximum atomic E-state index is 13.3. The van der Waals surface area contributed by atoms with Crippen molar-refractivity contribution in [2.45, 2.75) is 25.2 Å². The highest BCUT2D eigenvalue weighted by molar-refractivity contribution is 6.02. The van der Waals surface area contributed by atoms with E-state index in [4.69, 9.17) is 9.47 Å². The number of amides is 1. The molecule has 0 saturated heterocycles. The number of carboxylic acids is 2. The average molecular weight is 459 g/mol. The molecule has 1 aliphatic carbocycles. The van der Waals surface area contributed by atoms with Gasteiger partial charge in [0, 0.05) is 5.69 Å². The Morgan fingerprint density at radius 3 is 2.18 bits per heavy atom. The van der Waals surface area contributed by atoms with Crippen LogP contribution < -0.4 is 14.8 Å². The number of benzene rings is 3. The van der Waals surface area contributed by atoms with E-state index in [9.17, 15) is 24.6 Å². The van der Waals surface area contributed by atoms with Gasteiger partial charge >= 0.3 is 11.9 Å². The third-order valence-corrected chi connectivity index (χ3v) is 6.34. The number of hydrogen-bond donors (Lipinski definition) is 3. The zero-order valence-corrected chi connectivity index (χ0v) is 18.3. The maximum Gasteiger partial charge on any atom is 0.335 e. The Hall–Kier alpha value is -4.33. The van der Waals surface area contributed by atoms with E-state index in [-0.39, 0.29) is 23.8 Å². The maximum absolute atomic E-state index is 13.3. The number of rotatable bonds is 6. The number of ether oxygens (including phenoxy) is 2. The Bertz CT molecular complexity index is 1330. The Kier molecular flexibility index (Phi) is 5.01. The van der Waals surface area contributed by atoms with E-state index in [1.807, 2.05) is 25.1 Å². The van der Waals surface area contributed by atoms with Crippen molar-refractivity contribution in [3.05, 3.63) is 76.9 Å². The zero-order valence-electron chi connectivity index (χ0n) is 18.3. The van der Waals surface area contributed by atoms with Gasteiger partial charge in [0.25, 0.3) is 0 Å². The summed E-state index contributed by atoms with van der Waals surface area (Å²) in [6.07, 6.45) is 1.42. The fourth-order valence-corrected chi connectivity index (χ4v) is 4.26. The van der Waals surface area contributed by atoms with Gasteiger partial charge in [0.2, 0.25) is 12.7 Å². The van der Waals surface area contributed by atoms with Gasteiger partial charge in [-0.05, 0) is 84.5 Å². The summed E-state index contributed by atoms with van der Waals surface area (Å²) in [6, 6.07) is 14.8. The lowest BCUT2D eigenvalue weighted by Crippen LogP contribution is -2.27. The molecule has 3 aromatic carbocycles. The minimum Gasteiger partial charge on any atom is -0.478 e. The van der Waals surface area contributed by atoms with Crippen LogP contribution in [0.25, 0.3) is 11.1 Å². The van der Waals surface area contributed by atoms with Crippen LogP contribution in [0.1, 0.15) is 44.7 Å². The fraction of sp³-hybridized carbons (Fsp3) is 0.192. The van der Waals surface area contributed by atoms with Crippen LogP contribution in [0, 0.1) is 6.92 Å². The van der Waals surface area contributed by atoms with Gasteiger partial charge in [-0.25, -0.2) is 9.59 Å². The van der Waals surface area contributed by atoms with Crippen molar-refractivity contribution in [2.75, 3.05) is 12.1 Å². The smallest absolute Gasteiger partial charge is 0.335 e. The zero-order chi connectivity index (χ0) is 24.0. The van der Waals surface area contributed by atoms with Crippen molar-refractivity contribution < 1.29 is 34.1 Å². The topological polar surface area (TPSA) is 122 Å². The van der Waals surface area contributed by atoms with Crippen LogP contribution in [0.2, 0.25) is 0 Å². The quantitative estimate of drug-likeness (QED) is 0.497. The predicted molar refractivity (Wildman–Crippen MR) is 123 cm³/mol. The molecule has 1 heterocycles. The number of carbonyl (C=O) groups is 3. The van der Waals surface area contributed by atoms with Crippen LogP contribution in [0.15, 0.2) is 54.6 Å². The van der Waals surface area contributed by atoms with Gasteiger partial charge in [0.1, 0.15) is 0 Å². The van der Waals surface area contributed by atoms with Crippen LogP contribution in [0.5, 0.6) is 11.5 Å². The molecule has 0 atom stereocenters. The molecule has 5 rings (SSSR count). The molecule has 0 radical (unpaired) electrons. The first kappa shape index (κ1) is 21.5. The Morgan fingerprint density at radius 1 is 0.853 bits per heavy atom. The van der Waals surface area contributed by atoms with Crippen molar-refractivity contribution in [3.8, 4) is 22.6 Å². The van der Waals surface area contributed by atoms with E-state index in [2.05, 4.69) is 5.32 Å². The Morgan fingerprint density at radius 2 is 1.53 bits per heavy atom. The summed E-state index contributed by atoms with van der Waals surface area (Å²) in [5, 5.41) is 21.8. The summed E-state index contributed by atoms with van der Waals surface area (Å²) in [6.45, 7) is 2.00. The second-order valence-corrected chi connectivity index (χ2v) is 8.54. The number of fused-ring (bicyclic) bond motifs is 1. The van der Waals surface area contributed by atoms with Gasteiger partial charge in [0.05, 0.1) is 16.5 Å². The minimum absolute atomic E-state index is 0.122. The first-order valence-corrected chi connectivity index (χ1v) is 10.7. The average Bonchev–Trinajstić information content (AvgIpc) is 3.50. The van der Waals surface area contributed by atoms with Crippen LogP contribution >= 0.6 is 0 Å². The van der Waals surface area contributed by atoms with E-state index >= 15 is 0 Å². The van der Waals surface area contributed by atoms with E-state index in [0.717, 1.165) is 17.2 Å². The molecule has 1 amide bonds. The molecule has 0 aromatic heterocycles. The summed E-state index contributed by atoms with van der Waals surface area (Å²) < 4.78 is 10.8. The summed E-state index contributed by atoms with van der Waals surface area (Å²) in [7, 11) is 0. The fourth-order valence-electron chi connectivity index (χ4n) is 4.26. The number of aryl methyl sites for hydroxylation is 1. The molecule has 1 aliphatic heterocycles. The lowest BCUT2D eigenvalue weighted by atomic mass is 9.93. The largest absolute Gasteiger partial charge is 0.478 e. The Balaban J connectivity index is 1.45. The predicted octanol–water partition coefficient (Wildman–Crippen LogP) is 4.46. The third-order valence-electron chi connectivity index (χ3n) is 6.34. The van der Waals surface area contributed by atoms with Crippen molar-refractivity contribution >= 4 is 23.5 Å². The Labute approximate surface area is 194 Å². The summed E-state index contributed by atoms with van der Waals surface area (Å²) in [4.78, 5) is 36.3. The molecule has 8 nitrogen and oxygen atoms in total. The first-order chi connectivity index (χ1) is 16.3. The summed E-state index contributed by atoms with van der Waals surface area (Å²) in [5.41, 5.74) is 2.41. The number of carboxylic acid groups (broad SMARTS) is 2.